The van der Waals surface area contributed by atoms with Crippen molar-refractivity contribution >= 4 is 5.91 Å². The molecule has 90 valence electrons. The molecule has 0 aliphatic rings. The highest BCUT2D eigenvalue weighted by molar-refractivity contribution is 5.91. The van der Waals surface area contributed by atoms with Crippen LogP contribution in [0.25, 0.3) is 0 Å². The number of hydrogen-bond donors (Lipinski definition) is 2. The summed E-state index contributed by atoms with van der Waals surface area (Å²) in [6.45, 7) is 0.926. The Bertz CT molecular complexity index is 366. The summed E-state index contributed by atoms with van der Waals surface area (Å²) in [4.78, 5) is 11.1. The first kappa shape index (κ1) is 12.6. The molecule has 7 heteroatoms. The van der Waals surface area contributed by atoms with Crippen molar-refractivity contribution in [2.24, 2.45) is 5.84 Å². The number of nitrogens with two attached hydrogens (primary N) is 1. The maximum atomic E-state index is 11.8. The van der Waals surface area contributed by atoms with E-state index in [1.54, 1.807) is 6.92 Å². The van der Waals surface area contributed by atoms with Gasteiger partial charge in [0.05, 0.1) is 6.61 Å². The predicted octanol–water partition coefficient (Wildman–Crippen LogP) is 0.973. The number of nitrogens with one attached hydrogen (secondary N) is 1. The van der Waals surface area contributed by atoms with Crippen molar-refractivity contribution in [2.45, 2.75) is 20.0 Å². The van der Waals surface area contributed by atoms with Gasteiger partial charge in [0, 0.05) is 5.56 Å². The van der Waals surface area contributed by atoms with Gasteiger partial charge in [-0.25, -0.2) is 14.6 Å². The van der Waals surface area contributed by atoms with Gasteiger partial charge < -0.3 is 9.15 Å². The van der Waals surface area contributed by atoms with Crippen LogP contribution in [0.1, 0.15) is 21.9 Å². The zero-order chi connectivity index (χ0) is 12.1. The van der Waals surface area contributed by atoms with E-state index in [4.69, 9.17) is 15.0 Å². The third kappa shape index (κ3) is 3.28. The smallest absolute Gasteiger partial charge is 0.300 e. The van der Waals surface area contributed by atoms with Gasteiger partial charge in [-0.05, 0) is 13.0 Å². The van der Waals surface area contributed by atoms with E-state index in [0.29, 0.717) is 11.3 Å². The van der Waals surface area contributed by atoms with Crippen LogP contribution in [0.2, 0.25) is 0 Å². The molecule has 1 amide bonds. The van der Waals surface area contributed by atoms with Crippen LogP contribution in [0.3, 0.4) is 0 Å². The molecule has 1 heterocycles. The number of amides is 1. The Morgan fingerprint density at radius 1 is 1.69 bits per heavy atom. The number of alkyl halides is 2. The minimum Gasteiger partial charge on any atom is -0.456 e. The van der Waals surface area contributed by atoms with Crippen molar-refractivity contribution in [2.75, 3.05) is 6.61 Å². The molecule has 16 heavy (non-hydrogen) atoms. The summed E-state index contributed by atoms with van der Waals surface area (Å²) in [5.41, 5.74) is 2.44. The second-order valence-corrected chi connectivity index (χ2v) is 3.07. The zero-order valence-electron chi connectivity index (χ0n) is 8.63. The van der Waals surface area contributed by atoms with Crippen LogP contribution in [0, 0.1) is 6.92 Å². The molecule has 3 N–H and O–H groups in total. The summed E-state index contributed by atoms with van der Waals surface area (Å²) in [7, 11) is 0. The lowest BCUT2D eigenvalue weighted by atomic mass is 10.2. The van der Waals surface area contributed by atoms with E-state index in [0.717, 1.165) is 0 Å². The minimum absolute atomic E-state index is 0.0237. The van der Waals surface area contributed by atoms with Crippen LogP contribution in [0.5, 0.6) is 0 Å². The Hall–Kier alpha value is -1.47. The van der Waals surface area contributed by atoms with E-state index in [1.165, 1.54) is 6.07 Å². The monoisotopic (exact) mass is 234 g/mol. The van der Waals surface area contributed by atoms with Crippen LogP contribution >= 0.6 is 0 Å². The maximum absolute atomic E-state index is 11.8. The Labute approximate surface area is 90.5 Å². The van der Waals surface area contributed by atoms with Gasteiger partial charge in [-0.15, -0.1) is 0 Å². The van der Waals surface area contributed by atoms with Crippen LogP contribution in [-0.4, -0.2) is 18.9 Å². The molecule has 1 rings (SSSR count). The molecule has 0 saturated heterocycles. The summed E-state index contributed by atoms with van der Waals surface area (Å²) in [6.07, 6.45) is -2.51. The normalized spacial score (nSPS) is 10.8. The lowest BCUT2D eigenvalue weighted by Gasteiger charge is -2.01. The van der Waals surface area contributed by atoms with E-state index < -0.39 is 18.9 Å². The highest BCUT2D eigenvalue weighted by Gasteiger charge is 2.13. The van der Waals surface area contributed by atoms with Crippen molar-refractivity contribution in [3.8, 4) is 0 Å². The first-order valence-corrected chi connectivity index (χ1v) is 4.50. The predicted molar refractivity (Wildman–Crippen MR) is 50.8 cm³/mol. The molecule has 0 atom stereocenters. The quantitative estimate of drug-likeness (QED) is 0.452. The molecule has 1 aromatic rings. The summed E-state index contributed by atoms with van der Waals surface area (Å²) in [6, 6.07) is 1.41. The first-order chi connectivity index (χ1) is 7.54. The zero-order valence-corrected chi connectivity index (χ0v) is 8.63. The second-order valence-electron chi connectivity index (χ2n) is 3.07. The van der Waals surface area contributed by atoms with E-state index in [2.05, 4.69) is 0 Å². The lowest BCUT2D eigenvalue weighted by Crippen LogP contribution is -2.29. The maximum Gasteiger partial charge on any atom is 0.300 e. The number of furan rings is 1. The fourth-order valence-electron chi connectivity index (χ4n) is 1.10. The fraction of sp³-hybridized carbons (Fsp3) is 0.444. The van der Waals surface area contributed by atoms with Crippen LogP contribution in [0.15, 0.2) is 10.5 Å². The van der Waals surface area contributed by atoms with Crippen LogP contribution < -0.4 is 11.3 Å². The number of halogens is 2. The highest BCUT2D eigenvalue weighted by Crippen LogP contribution is 2.15. The number of hydrazine groups is 1. The molecule has 0 unspecified atom stereocenters. The topological polar surface area (TPSA) is 77.5 Å². The number of ether oxygens (including phenoxy) is 1. The number of hydrogen-bond acceptors (Lipinski definition) is 4. The number of carbonyl (C=O) groups is 1. The van der Waals surface area contributed by atoms with Gasteiger partial charge in [0.15, 0.2) is 5.76 Å². The number of carbonyl (C=O) groups excluding carboxylic acids is 1. The van der Waals surface area contributed by atoms with Gasteiger partial charge in [-0.1, -0.05) is 0 Å². The van der Waals surface area contributed by atoms with Gasteiger partial charge in [-0.3, -0.25) is 10.2 Å². The van der Waals surface area contributed by atoms with Crippen molar-refractivity contribution < 1.29 is 22.7 Å². The average molecular weight is 234 g/mol. The third-order valence-electron chi connectivity index (χ3n) is 1.88. The van der Waals surface area contributed by atoms with Crippen LogP contribution in [-0.2, 0) is 11.3 Å². The average Bonchev–Trinajstić information content (AvgIpc) is 2.59. The van der Waals surface area contributed by atoms with Crippen molar-refractivity contribution in [1.82, 2.24) is 5.43 Å². The van der Waals surface area contributed by atoms with Gasteiger partial charge in [0.25, 0.3) is 6.43 Å². The molecule has 1 aromatic heterocycles. The summed E-state index contributed by atoms with van der Waals surface area (Å²) < 4.78 is 33.4. The third-order valence-corrected chi connectivity index (χ3v) is 1.88. The molecule has 0 radical (unpaired) electrons. The SMILES string of the molecule is Cc1oc(C(=O)NN)cc1COCC(F)F. The molecule has 0 aromatic carbocycles. The largest absolute Gasteiger partial charge is 0.456 e. The number of rotatable bonds is 5. The Morgan fingerprint density at radius 2 is 2.38 bits per heavy atom. The fourth-order valence-corrected chi connectivity index (χ4v) is 1.10. The first-order valence-electron chi connectivity index (χ1n) is 4.50. The Morgan fingerprint density at radius 3 is 2.94 bits per heavy atom. The molecule has 0 bridgehead atoms. The number of aryl methyl sites for hydroxylation is 1. The number of nitrogen functional groups attached to an aromatic ring is 1. The molecule has 5 nitrogen and oxygen atoms in total. The molecule has 0 fully saturated rings. The Kier molecular flexibility index (Phi) is 4.39. The summed E-state index contributed by atoms with van der Waals surface area (Å²) in [5.74, 6) is 4.79. The van der Waals surface area contributed by atoms with Gasteiger partial charge in [0.1, 0.15) is 12.4 Å². The van der Waals surface area contributed by atoms with Crippen LogP contribution in [0.4, 0.5) is 8.78 Å². The standard InChI is InChI=1S/C9H12F2N2O3/c1-5-6(3-15-4-8(10)11)2-7(16-5)9(14)13-12/h2,8H,3-4,12H2,1H3,(H,13,14). The molecular weight excluding hydrogens is 222 g/mol. The molecule has 0 saturated carbocycles. The van der Waals surface area contributed by atoms with Gasteiger partial charge in [0.2, 0.25) is 0 Å². The van der Waals surface area contributed by atoms with Gasteiger partial charge >= 0.3 is 5.91 Å². The van der Waals surface area contributed by atoms with E-state index in [1.807, 2.05) is 5.43 Å². The van der Waals surface area contributed by atoms with Crippen molar-refractivity contribution in [1.29, 1.82) is 0 Å². The highest BCUT2D eigenvalue weighted by atomic mass is 19.3. The Balaban J connectivity index is 2.60. The molecular formula is C9H12F2N2O3. The van der Waals surface area contributed by atoms with Crippen molar-refractivity contribution in [3.63, 3.8) is 0 Å². The minimum atomic E-state index is -2.51. The summed E-state index contributed by atoms with van der Waals surface area (Å²) in [5, 5.41) is 0. The van der Waals surface area contributed by atoms with E-state index >= 15 is 0 Å². The second kappa shape index (κ2) is 5.57. The van der Waals surface area contributed by atoms with E-state index in [9.17, 15) is 13.6 Å². The van der Waals surface area contributed by atoms with E-state index in [-0.39, 0.29) is 12.4 Å². The molecule has 0 spiro atoms. The molecule has 0 aliphatic carbocycles. The van der Waals surface area contributed by atoms with Crippen molar-refractivity contribution in [3.05, 3.63) is 23.2 Å². The van der Waals surface area contributed by atoms with Gasteiger partial charge in [-0.2, -0.15) is 0 Å². The molecule has 0 aliphatic heterocycles. The lowest BCUT2D eigenvalue weighted by molar-refractivity contribution is 0.00953. The summed E-state index contributed by atoms with van der Waals surface area (Å²) >= 11 is 0.